The van der Waals surface area contributed by atoms with Gasteiger partial charge in [0, 0.05) is 30.1 Å². The van der Waals surface area contributed by atoms with Gasteiger partial charge in [0.2, 0.25) is 5.91 Å². The van der Waals surface area contributed by atoms with Gasteiger partial charge in [0.25, 0.3) is 5.89 Å². The minimum Gasteiger partial charge on any atom is -0.497 e. The summed E-state index contributed by atoms with van der Waals surface area (Å²) in [6.45, 7) is 4.67. The van der Waals surface area contributed by atoms with Gasteiger partial charge in [-0.05, 0) is 61.4 Å². The number of ether oxygens (including phenoxy) is 1. The van der Waals surface area contributed by atoms with Crippen LogP contribution in [-0.2, 0) is 4.79 Å². The van der Waals surface area contributed by atoms with Gasteiger partial charge in [-0.25, -0.2) is 0 Å². The molecule has 0 N–H and O–H groups in total. The first-order chi connectivity index (χ1) is 13.0. The van der Waals surface area contributed by atoms with Gasteiger partial charge < -0.3 is 14.2 Å². The molecule has 0 bridgehead atoms. The monoisotopic (exact) mass is 363 g/mol. The number of aromatic nitrogens is 2. The molecule has 1 fully saturated rings. The van der Waals surface area contributed by atoms with Gasteiger partial charge in [0.05, 0.1) is 7.11 Å². The first kappa shape index (κ1) is 17.3. The van der Waals surface area contributed by atoms with Crippen LogP contribution in [0, 0.1) is 13.8 Å². The van der Waals surface area contributed by atoms with E-state index in [1.165, 1.54) is 11.1 Å². The molecular weight excluding hydrogens is 342 g/mol. The van der Waals surface area contributed by atoms with Crippen molar-refractivity contribution in [2.24, 2.45) is 0 Å². The van der Waals surface area contributed by atoms with Gasteiger partial charge >= 0.3 is 0 Å². The van der Waals surface area contributed by atoms with Gasteiger partial charge in [-0.1, -0.05) is 11.2 Å². The second-order valence-electron chi connectivity index (χ2n) is 6.86. The zero-order valence-corrected chi connectivity index (χ0v) is 15.6. The number of aryl methyl sites for hydroxylation is 2. The molecule has 0 radical (unpaired) electrons. The van der Waals surface area contributed by atoms with Crippen molar-refractivity contribution in [1.82, 2.24) is 10.1 Å². The van der Waals surface area contributed by atoms with E-state index in [9.17, 15) is 4.79 Å². The molecular formula is C21H21N3O3. The summed E-state index contributed by atoms with van der Waals surface area (Å²) in [5.74, 6) is 1.79. The highest BCUT2D eigenvalue weighted by atomic mass is 16.5. The highest BCUT2D eigenvalue weighted by molar-refractivity contribution is 5.96. The Labute approximate surface area is 157 Å². The number of benzene rings is 2. The molecule has 1 saturated heterocycles. The molecule has 0 saturated carbocycles. The van der Waals surface area contributed by atoms with Crippen molar-refractivity contribution in [3.8, 4) is 17.2 Å². The Bertz CT molecular complexity index is 979. The average Bonchev–Trinajstić information content (AvgIpc) is 3.31. The molecule has 6 nitrogen and oxygen atoms in total. The zero-order chi connectivity index (χ0) is 19.0. The number of nitrogens with zero attached hydrogens (tertiary/aromatic N) is 3. The molecule has 138 valence electrons. The minimum absolute atomic E-state index is 0.0742. The lowest BCUT2D eigenvalue weighted by atomic mass is 10.1. The van der Waals surface area contributed by atoms with Gasteiger partial charge in [-0.15, -0.1) is 0 Å². The van der Waals surface area contributed by atoms with Crippen molar-refractivity contribution in [1.29, 1.82) is 0 Å². The smallest absolute Gasteiger partial charge is 0.257 e. The third kappa shape index (κ3) is 3.30. The predicted molar refractivity (Wildman–Crippen MR) is 102 cm³/mol. The van der Waals surface area contributed by atoms with Crippen molar-refractivity contribution >= 4 is 11.6 Å². The van der Waals surface area contributed by atoms with Crippen LogP contribution in [0.2, 0.25) is 0 Å². The highest BCUT2D eigenvalue weighted by Crippen LogP contribution is 2.32. The van der Waals surface area contributed by atoms with Gasteiger partial charge in [-0.2, -0.15) is 4.98 Å². The number of hydrogen-bond acceptors (Lipinski definition) is 5. The second kappa shape index (κ2) is 6.87. The van der Waals surface area contributed by atoms with Gasteiger partial charge in [-0.3, -0.25) is 4.79 Å². The lowest BCUT2D eigenvalue weighted by Crippen LogP contribution is -2.24. The minimum atomic E-state index is -0.0742. The summed E-state index contributed by atoms with van der Waals surface area (Å²) in [5.41, 5.74) is 4.13. The summed E-state index contributed by atoms with van der Waals surface area (Å²) < 4.78 is 10.6. The predicted octanol–water partition coefficient (Wildman–Crippen LogP) is 3.88. The summed E-state index contributed by atoms with van der Waals surface area (Å²) in [6.07, 6.45) is 0.383. The zero-order valence-electron chi connectivity index (χ0n) is 15.6. The summed E-state index contributed by atoms with van der Waals surface area (Å²) >= 11 is 0. The summed E-state index contributed by atoms with van der Waals surface area (Å²) in [6, 6.07) is 13.5. The third-order valence-corrected chi connectivity index (χ3v) is 5.07. The molecule has 1 amide bonds. The van der Waals surface area contributed by atoms with E-state index >= 15 is 0 Å². The molecule has 1 aliphatic heterocycles. The fourth-order valence-corrected chi connectivity index (χ4v) is 3.28. The summed E-state index contributed by atoms with van der Waals surface area (Å²) in [4.78, 5) is 18.8. The molecule has 3 aromatic rings. The van der Waals surface area contributed by atoms with Gasteiger partial charge in [0.15, 0.2) is 5.82 Å². The Kier molecular flexibility index (Phi) is 4.39. The van der Waals surface area contributed by atoms with Crippen molar-refractivity contribution < 1.29 is 14.1 Å². The number of anilines is 1. The number of carbonyl (C=O) groups is 1. The Morgan fingerprint density at radius 3 is 2.59 bits per heavy atom. The number of hydrogen-bond donors (Lipinski definition) is 0. The van der Waals surface area contributed by atoms with Crippen molar-refractivity contribution in [2.75, 3.05) is 18.6 Å². The van der Waals surface area contributed by atoms with Crippen LogP contribution in [0.4, 0.5) is 5.69 Å². The molecule has 2 aromatic carbocycles. The molecule has 4 rings (SSSR count). The fraction of sp³-hybridized carbons (Fsp3) is 0.286. The standard InChI is InChI=1S/C21H21N3O3/c1-13-4-7-17(10-14(13)2)24-12-16(11-19(24)25)20-22-21(27-23-20)15-5-8-18(26-3)9-6-15/h4-10,16H,11-12H2,1-3H3. The van der Waals surface area contributed by atoms with Crippen LogP contribution in [-0.4, -0.2) is 29.7 Å². The largest absolute Gasteiger partial charge is 0.497 e. The van der Waals surface area contributed by atoms with Crippen LogP contribution >= 0.6 is 0 Å². The maximum atomic E-state index is 12.5. The lowest BCUT2D eigenvalue weighted by molar-refractivity contribution is -0.117. The Morgan fingerprint density at radius 1 is 1.11 bits per heavy atom. The molecule has 1 aliphatic rings. The van der Waals surface area contributed by atoms with Crippen LogP contribution in [0.25, 0.3) is 11.5 Å². The van der Waals surface area contributed by atoms with E-state index in [0.29, 0.717) is 24.7 Å². The number of carbonyl (C=O) groups excluding carboxylic acids is 1. The van der Waals surface area contributed by atoms with Crippen LogP contribution < -0.4 is 9.64 Å². The summed E-state index contributed by atoms with van der Waals surface area (Å²) in [5, 5.41) is 4.12. The highest BCUT2D eigenvalue weighted by Gasteiger charge is 2.34. The Balaban J connectivity index is 1.53. The topological polar surface area (TPSA) is 68.5 Å². The molecule has 2 heterocycles. The van der Waals surface area contributed by atoms with Crippen molar-refractivity contribution in [3.63, 3.8) is 0 Å². The molecule has 1 atom stereocenters. The lowest BCUT2D eigenvalue weighted by Gasteiger charge is -2.17. The molecule has 1 aromatic heterocycles. The second-order valence-corrected chi connectivity index (χ2v) is 6.86. The maximum Gasteiger partial charge on any atom is 0.257 e. The van der Waals surface area contributed by atoms with E-state index in [1.807, 2.05) is 36.4 Å². The first-order valence-electron chi connectivity index (χ1n) is 8.91. The van der Waals surface area contributed by atoms with Crippen LogP contribution in [0.1, 0.15) is 29.3 Å². The molecule has 6 heteroatoms. The average molecular weight is 363 g/mol. The van der Waals surface area contributed by atoms with Crippen molar-refractivity contribution in [3.05, 3.63) is 59.4 Å². The van der Waals surface area contributed by atoms with Crippen LogP contribution in [0.5, 0.6) is 5.75 Å². The summed E-state index contributed by atoms with van der Waals surface area (Å²) in [7, 11) is 1.62. The van der Waals surface area contributed by atoms with E-state index in [0.717, 1.165) is 17.0 Å². The first-order valence-corrected chi connectivity index (χ1v) is 8.91. The van der Waals surface area contributed by atoms with Gasteiger partial charge in [0.1, 0.15) is 5.75 Å². The quantitative estimate of drug-likeness (QED) is 0.703. The van der Waals surface area contributed by atoms with E-state index in [-0.39, 0.29) is 11.8 Å². The van der Waals surface area contributed by atoms with Crippen molar-refractivity contribution in [2.45, 2.75) is 26.2 Å². The maximum absolute atomic E-state index is 12.5. The number of rotatable bonds is 4. The van der Waals surface area contributed by atoms with E-state index in [4.69, 9.17) is 9.26 Å². The fourth-order valence-electron chi connectivity index (χ4n) is 3.28. The Morgan fingerprint density at radius 2 is 1.89 bits per heavy atom. The normalized spacial score (nSPS) is 16.8. The number of amides is 1. The van der Waals surface area contributed by atoms with E-state index < -0.39 is 0 Å². The molecule has 0 spiro atoms. The number of methoxy groups -OCH3 is 1. The SMILES string of the molecule is COc1ccc(-c2nc(C3CC(=O)N(c4ccc(C)c(C)c4)C3)no2)cc1. The molecule has 27 heavy (non-hydrogen) atoms. The Hall–Kier alpha value is -3.15. The van der Waals surface area contributed by atoms with E-state index in [2.05, 4.69) is 30.1 Å². The molecule has 0 aliphatic carbocycles. The van der Waals surface area contributed by atoms with E-state index in [1.54, 1.807) is 12.0 Å². The molecule has 1 unspecified atom stereocenters. The third-order valence-electron chi connectivity index (χ3n) is 5.07. The van der Waals surface area contributed by atoms with Crippen LogP contribution in [0.15, 0.2) is 47.0 Å². The van der Waals surface area contributed by atoms with Crippen LogP contribution in [0.3, 0.4) is 0 Å².